The number of amides is 1. The fraction of sp³-hybridized carbons (Fsp3) is 0.316. The molecule has 0 spiro atoms. The maximum absolute atomic E-state index is 12.9. The van der Waals surface area contributed by atoms with Gasteiger partial charge in [0.1, 0.15) is 12.2 Å². The monoisotopic (exact) mass is 441 g/mol. The van der Waals surface area contributed by atoms with Crippen LogP contribution in [0, 0.1) is 20.8 Å². The third-order valence-corrected chi connectivity index (χ3v) is 5.27. The molecule has 29 heavy (non-hydrogen) atoms. The second-order valence-electron chi connectivity index (χ2n) is 6.62. The molecule has 2 heterocycles. The third kappa shape index (κ3) is 4.59. The van der Waals surface area contributed by atoms with Gasteiger partial charge in [0.25, 0.3) is 6.43 Å². The molecule has 0 bridgehead atoms. The van der Waals surface area contributed by atoms with Crippen LogP contribution < -0.4 is 5.32 Å². The van der Waals surface area contributed by atoms with Gasteiger partial charge >= 0.3 is 0 Å². The smallest absolute Gasteiger partial charge is 0.283 e. The van der Waals surface area contributed by atoms with E-state index >= 15 is 0 Å². The Morgan fingerprint density at radius 2 is 1.72 bits per heavy atom. The molecule has 0 aliphatic rings. The summed E-state index contributed by atoms with van der Waals surface area (Å²) in [5, 5.41) is 11.5. The fourth-order valence-electron chi connectivity index (χ4n) is 2.95. The van der Waals surface area contributed by atoms with Gasteiger partial charge in [-0.15, -0.1) is 0 Å². The summed E-state index contributed by atoms with van der Waals surface area (Å²) in [4.78, 5) is 12.5. The first-order valence-corrected chi connectivity index (χ1v) is 9.52. The Labute approximate surface area is 176 Å². The maximum atomic E-state index is 12.9. The number of halogens is 4. The molecule has 1 aromatic carbocycles. The lowest BCUT2D eigenvalue weighted by Gasteiger charge is -2.08. The zero-order valence-corrected chi connectivity index (χ0v) is 17.5. The van der Waals surface area contributed by atoms with E-state index in [9.17, 15) is 13.6 Å². The first kappa shape index (κ1) is 21.3. The number of aromatic nitrogens is 4. The van der Waals surface area contributed by atoms with Gasteiger partial charge in [0.2, 0.25) is 5.91 Å². The molecule has 0 fully saturated rings. The second-order valence-corrected chi connectivity index (χ2v) is 7.44. The lowest BCUT2D eigenvalue weighted by atomic mass is 10.2. The molecule has 0 radical (unpaired) electrons. The molecular formula is C19H19Cl2F2N5O. The SMILES string of the molecule is Cc1nn(Cc2ccc(Cl)cc2)c(C)c1NC(=O)Cn1nc(C(F)F)c(Cl)c1C. The zero-order chi connectivity index (χ0) is 21.3. The van der Waals surface area contributed by atoms with Gasteiger partial charge in [-0.05, 0) is 38.5 Å². The van der Waals surface area contributed by atoms with Crippen molar-refractivity contribution in [2.45, 2.75) is 40.3 Å². The summed E-state index contributed by atoms with van der Waals surface area (Å²) in [6.07, 6.45) is -2.80. The average molecular weight is 442 g/mol. The summed E-state index contributed by atoms with van der Waals surface area (Å²) in [7, 11) is 0. The van der Waals surface area contributed by atoms with E-state index in [1.807, 2.05) is 19.1 Å². The van der Waals surface area contributed by atoms with Crippen molar-refractivity contribution in [3.05, 3.63) is 62.6 Å². The van der Waals surface area contributed by atoms with Gasteiger partial charge in [0, 0.05) is 5.02 Å². The van der Waals surface area contributed by atoms with Crippen LogP contribution in [0.25, 0.3) is 0 Å². The zero-order valence-electron chi connectivity index (χ0n) is 16.0. The molecule has 10 heteroatoms. The number of carbonyl (C=O) groups is 1. The summed E-state index contributed by atoms with van der Waals surface area (Å²) < 4.78 is 28.8. The van der Waals surface area contributed by atoms with Gasteiger partial charge in [-0.25, -0.2) is 8.78 Å². The highest BCUT2D eigenvalue weighted by Crippen LogP contribution is 2.28. The molecule has 0 aliphatic heterocycles. The Hall–Kier alpha value is -2.45. The standard InChI is InChI=1S/C19H19Cl2F2N5O/c1-10-17(12(3)27(25-10)8-13-4-6-14(20)7-5-13)24-15(29)9-28-11(2)16(21)18(26-28)19(22)23/h4-7,19H,8-9H2,1-3H3,(H,24,29). The van der Waals surface area contributed by atoms with E-state index < -0.39 is 18.0 Å². The lowest BCUT2D eigenvalue weighted by Crippen LogP contribution is -2.21. The van der Waals surface area contributed by atoms with Gasteiger partial charge < -0.3 is 5.32 Å². The summed E-state index contributed by atoms with van der Waals surface area (Å²) in [5.41, 5.74) is 2.79. The maximum Gasteiger partial charge on any atom is 0.283 e. The number of nitrogens with one attached hydrogen (secondary N) is 1. The Kier molecular flexibility index (Phi) is 6.24. The molecule has 6 nitrogen and oxygen atoms in total. The van der Waals surface area contributed by atoms with Crippen LogP contribution in [0.2, 0.25) is 10.0 Å². The summed E-state index contributed by atoms with van der Waals surface area (Å²) >= 11 is 11.8. The summed E-state index contributed by atoms with van der Waals surface area (Å²) in [6.45, 7) is 5.45. The van der Waals surface area contributed by atoms with Crippen LogP contribution in [0.1, 0.15) is 34.8 Å². The first-order chi connectivity index (χ1) is 13.7. The third-order valence-electron chi connectivity index (χ3n) is 4.55. The normalized spacial score (nSPS) is 11.3. The van der Waals surface area contributed by atoms with Crippen LogP contribution in [0.5, 0.6) is 0 Å². The summed E-state index contributed by atoms with van der Waals surface area (Å²) in [6, 6.07) is 7.41. The van der Waals surface area contributed by atoms with E-state index in [2.05, 4.69) is 15.5 Å². The molecule has 2 aromatic heterocycles. The second kappa shape index (κ2) is 8.51. The van der Waals surface area contributed by atoms with E-state index in [0.717, 1.165) is 11.3 Å². The van der Waals surface area contributed by atoms with Crippen LogP contribution in [0.3, 0.4) is 0 Å². The highest BCUT2D eigenvalue weighted by atomic mass is 35.5. The van der Waals surface area contributed by atoms with Crippen molar-refractivity contribution in [1.29, 1.82) is 0 Å². The number of benzene rings is 1. The lowest BCUT2D eigenvalue weighted by molar-refractivity contribution is -0.117. The molecule has 3 rings (SSSR count). The number of anilines is 1. The molecule has 1 amide bonds. The number of hydrogen-bond donors (Lipinski definition) is 1. The number of carbonyl (C=O) groups excluding carboxylic acids is 1. The van der Waals surface area contributed by atoms with Gasteiger partial charge in [-0.3, -0.25) is 14.2 Å². The number of alkyl halides is 2. The van der Waals surface area contributed by atoms with Gasteiger partial charge in [-0.2, -0.15) is 10.2 Å². The van der Waals surface area contributed by atoms with Crippen LogP contribution >= 0.6 is 23.2 Å². The molecule has 0 aliphatic carbocycles. The average Bonchev–Trinajstić information content (AvgIpc) is 3.08. The Bertz CT molecular complexity index is 1040. The minimum atomic E-state index is -2.80. The molecular weight excluding hydrogens is 423 g/mol. The van der Waals surface area contributed by atoms with Crippen molar-refractivity contribution >= 4 is 34.8 Å². The number of hydrogen-bond acceptors (Lipinski definition) is 3. The molecule has 0 atom stereocenters. The van der Waals surface area contributed by atoms with E-state index in [4.69, 9.17) is 23.2 Å². The van der Waals surface area contributed by atoms with Crippen LogP contribution in [-0.4, -0.2) is 25.5 Å². The van der Waals surface area contributed by atoms with Crippen molar-refractivity contribution in [3.8, 4) is 0 Å². The van der Waals surface area contributed by atoms with Crippen LogP contribution in [-0.2, 0) is 17.9 Å². The minimum absolute atomic E-state index is 0.129. The molecule has 154 valence electrons. The topological polar surface area (TPSA) is 64.7 Å². The molecule has 0 unspecified atom stereocenters. The van der Waals surface area contributed by atoms with E-state index in [1.54, 1.807) is 23.7 Å². The Balaban J connectivity index is 1.75. The van der Waals surface area contributed by atoms with Crippen molar-refractivity contribution in [1.82, 2.24) is 19.6 Å². The highest BCUT2D eigenvalue weighted by Gasteiger charge is 2.22. The van der Waals surface area contributed by atoms with Gasteiger partial charge in [-0.1, -0.05) is 35.3 Å². The highest BCUT2D eigenvalue weighted by molar-refractivity contribution is 6.32. The number of aryl methyl sites for hydroxylation is 1. The van der Waals surface area contributed by atoms with Gasteiger partial charge in [0.05, 0.1) is 34.3 Å². The van der Waals surface area contributed by atoms with E-state index in [0.29, 0.717) is 28.6 Å². The predicted octanol–water partition coefficient (Wildman–Crippen LogP) is 4.94. The molecule has 3 aromatic rings. The van der Waals surface area contributed by atoms with Crippen molar-refractivity contribution < 1.29 is 13.6 Å². The Morgan fingerprint density at radius 3 is 2.31 bits per heavy atom. The predicted molar refractivity (Wildman–Crippen MR) is 108 cm³/mol. The molecule has 1 N–H and O–H groups in total. The largest absolute Gasteiger partial charge is 0.321 e. The van der Waals surface area contributed by atoms with Crippen molar-refractivity contribution in [2.24, 2.45) is 0 Å². The quantitative estimate of drug-likeness (QED) is 0.589. The molecule has 0 saturated heterocycles. The fourth-order valence-corrected chi connectivity index (χ4v) is 3.29. The van der Waals surface area contributed by atoms with Gasteiger partial charge in [0.15, 0.2) is 0 Å². The van der Waals surface area contributed by atoms with Crippen molar-refractivity contribution in [3.63, 3.8) is 0 Å². The van der Waals surface area contributed by atoms with Crippen LogP contribution in [0.4, 0.5) is 14.5 Å². The van der Waals surface area contributed by atoms with E-state index in [1.165, 1.54) is 11.6 Å². The van der Waals surface area contributed by atoms with Crippen LogP contribution in [0.15, 0.2) is 24.3 Å². The number of nitrogens with zero attached hydrogens (tertiary/aromatic N) is 4. The minimum Gasteiger partial charge on any atom is -0.321 e. The summed E-state index contributed by atoms with van der Waals surface area (Å²) in [5.74, 6) is -0.412. The number of rotatable bonds is 6. The first-order valence-electron chi connectivity index (χ1n) is 8.76. The van der Waals surface area contributed by atoms with Crippen molar-refractivity contribution in [2.75, 3.05) is 5.32 Å². The van der Waals surface area contributed by atoms with E-state index in [-0.39, 0.29) is 11.6 Å². The molecule has 0 saturated carbocycles. The Morgan fingerprint density at radius 1 is 1.07 bits per heavy atom.